The van der Waals surface area contributed by atoms with Crippen LogP contribution in [0.3, 0.4) is 0 Å². The third-order valence-corrected chi connectivity index (χ3v) is 3.21. The summed E-state index contributed by atoms with van der Waals surface area (Å²) in [5, 5.41) is 0.610. The van der Waals surface area contributed by atoms with E-state index in [-0.39, 0.29) is 0 Å². The van der Waals surface area contributed by atoms with Crippen molar-refractivity contribution in [2.75, 3.05) is 11.5 Å². The van der Waals surface area contributed by atoms with Crippen molar-refractivity contribution in [3.8, 4) is 0 Å². The predicted molar refractivity (Wildman–Crippen MR) is 48.1 cm³/mol. The monoisotopic (exact) mass is 186 g/mol. The molecule has 2 rings (SSSR count). The van der Waals surface area contributed by atoms with Gasteiger partial charge in [0.05, 0.1) is 11.9 Å². The van der Waals surface area contributed by atoms with E-state index in [0.717, 1.165) is 28.3 Å². The van der Waals surface area contributed by atoms with Crippen LogP contribution in [0.25, 0.3) is 0 Å². The van der Waals surface area contributed by atoms with Gasteiger partial charge >= 0.3 is 0 Å². The molecule has 0 aromatic carbocycles. The molecule has 2 nitrogen and oxygen atoms in total. The van der Waals surface area contributed by atoms with Crippen molar-refractivity contribution in [3.05, 3.63) is 16.9 Å². The number of nitrogens with zero attached hydrogens (tertiary/aromatic N) is 1. The number of nitrogen functional groups attached to an aromatic ring is 1. The normalized spacial score (nSPS) is 15.0. The average Bonchev–Trinajstić information content (AvgIpc) is 2.45. The van der Waals surface area contributed by atoms with E-state index >= 15 is 0 Å². The maximum Gasteiger partial charge on any atom is 0.133 e. The molecule has 0 aliphatic carbocycles. The molecule has 0 fully saturated rings. The largest absolute Gasteiger partial charge is 0.397 e. The lowest BCUT2D eigenvalue weighted by Gasteiger charge is -2.02. The highest BCUT2D eigenvalue weighted by Crippen LogP contribution is 2.38. The molecule has 0 saturated carbocycles. The number of fused-ring (bicyclic) bond motifs is 1. The Hall–Kier alpha value is -0.410. The molecule has 11 heavy (non-hydrogen) atoms. The molecular formula is C7H7ClN2S. The summed E-state index contributed by atoms with van der Waals surface area (Å²) in [7, 11) is 0. The SMILES string of the molecule is Nc1cnc(Cl)c2c1SCC2. The molecule has 1 aliphatic rings. The molecule has 0 radical (unpaired) electrons. The fourth-order valence-corrected chi connectivity index (χ4v) is 2.57. The van der Waals surface area contributed by atoms with E-state index in [1.54, 1.807) is 18.0 Å². The third kappa shape index (κ3) is 1.08. The summed E-state index contributed by atoms with van der Waals surface area (Å²) in [6.07, 6.45) is 2.62. The van der Waals surface area contributed by atoms with Crippen LogP contribution in [0.1, 0.15) is 5.56 Å². The second-order valence-electron chi connectivity index (χ2n) is 2.41. The summed E-state index contributed by atoms with van der Waals surface area (Å²) in [5.74, 6) is 1.07. The zero-order valence-corrected chi connectivity index (χ0v) is 7.37. The summed E-state index contributed by atoms with van der Waals surface area (Å²) < 4.78 is 0. The van der Waals surface area contributed by atoms with Gasteiger partial charge in [0.1, 0.15) is 5.15 Å². The van der Waals surface area contributed by atoms with Gasteiger partial charge in [0, 0.05) is 16.2 Å². The molecule has 0 atom stereocenters. The van der Waals surface area contributed by atoms with Gasteiger partial charge in [0.15, 0.2) is 0 Å². The Labute approximate surface area is 74.1 Å². The second-order valence-corrected chi connectivity index (χ2v) is 3.87. The van der Waals surface area contributed by atoms with Crippen LogP contribution >= 0.6 is 23.4 Å². The summed E-state index contributed by atoms with van der Waals surface area (Å²) in [4.78, 5) is 5.11. The molecule has 58 valence electrons. The average molecular weight is 187 g/mol. The minimum absolute atomic E-state index is 0.610. The van der Waals surface area contributed by atoms with Gasteiger partial charge in [-0.05, 0) is 6.42 Å². The molecule has 1 aromatic heterocycles. The maximum absolute atomic E-state index is 5.86. The van der Waals surface area contributed by atoms with Gasteiger partial charge in [-0.15, -0.1) is 11.8 Å². The summed E-state index contributed by atoms with van der Waals surface area (Å²) in [5.41, 5.74) is 7.58. The van der Waals surface area contributed by atoms with Gasteiger partial charge in [-0.3, -0.25) is 0 Å². The second kappa shape index (κ2) is 2.57. The quantitative estimate of drug-likeness (QED) is 0.630. The Morgan fingerprint density at radius 1 is 1.64 bits per heavy atom. The zero-order valence-electron chi connectivity index (χ0n) is 5.80. The highest BCUT2D eigenvalue weighted by molar-refractivity contribution is 7.99. The minimum atomic E-state index is 0.610. The molecule has 4 heteroatoms. The molecule has 0 unspecified atom stereocenters. The molecule has 0 saturated heterocycles. The Morgan fingerprint density at radius 2 is 2.45 bits per heavy atom. The van der Waals surface area contributed by atoms with Crippen LogP contribution < -0.4 is 5.73 Å². The smallest absolute Gasteiger partial charge is 0.133 e. The van der Waals surface area contributed by atoms with Crippen LogP contribution in [0.15, 0.2) is 11.1 Å². The summed E-state index contributed by atoms with van der Waals surface area (Å²) >= 11 is 7.62. The number of hydrogen-bond acceptors (Lipinski definition) is 3. The topological polar surface area (TPSA) is 38.9 Å². The van der Waals surface area contributed by atoms with Crippen LogP contribution in [-0.4, -0.2) is 10.7 Å². The molecule has 0 spiro atoms. The Bertz CT molecular complexity index is 272. The maximum atomic E-state index is 5.86. The van der Waals surface area contributed by atoms with E-state index in [9.17, 15) is 0 Å². The Kier molecular flexibility index (Phi) is 1.69. The van der Waals surface area contributed by atoms with Gasteiger partial charge in [-0.25, -0.2) is 4.98 Å². The van der Waals surface area contributed by atoms with E-state index in [1.807, 2.05) is 0 Å². The van der Waals surface area contributed by atoms with Crippen molar-refractivity contribution >= 4 is 29.1 Å². The van der Waals surface area contributed by atoms with Crippen LogP contribution in [0.2, 0.25) is 5.15 Å². The molecule has 2 heterocycles. The van der Waals surface area contributed by atoms with Crippen molar-refractivity contribution in [3.63, 3.8) is 0 Å². The number of rotatable bonds is 0. The number of thioether (sulfide) groups is 1. The Morgan fingerprint density at radius 3 is 3.18 bits per heavy atom. The number of halogens is 1. The fraction of sp³-hybridized carbons (Fsp3) is 0.286. The number of pyridine rings is 1. The van der Waals surface area contributed by atoms with Crippen molar-refractivity contribution in [1.29, 1.82) is 0 Å². The first-order chi connectivity index (χ1) is 5.29. The summed E-state index contributed by atoms with van der Waals surface area (Å²) in [6, 6.07) is 0. The molecule has 1 aliphatic heterocycles. The first-order valence-corrected chi connectivity index (χ1v) is 4.71. The molecule has 0 amide bonds. The standard InChI is InChI=1S/C7H7ClN2S/c8-7-4-1-2-11-6(4)5(9)3-10-7/h3H,1-2,9H2. The fourth-order valence-electron chi connectivity index (χ4n) is 1.17. The van der Waals surface area contributed by atoms with Crippen molar-refractivity contribution in [2.24, 2.45) is 0 Å². The number of hydrogen-bond donors (Lipinski definition) is 1. The van der Waals surface area contributed by atoms with Gasteiger partial charge in [-0.1, -0.05) is 11.6 Å². The van der Waals surface area contributed by atoms with Crippen molar-refractivity contribution < 1.29 is 0 Å². The van der Waals surface area contributed by atoms with E-state index in [4.69, 9.17) is 17.3 Å². The predicted octanol–water partition coefficient (Wildman–Crippen LogP) is 1.97. The van der Waals surface area contributed by atoms with Crippen LogP contribution in [0.5, 0.6) is 0 Å². The summed E-state index contributed by atoms with van der Waals surface area (Å²) in [6.45, 7) is 0. The molecule has 2 N–H and O–H groups in total. The van der Waals surface area contributed by atoms with Gasteiger partial charge in [-0.2, -0.15) is 0 Å². The third-order valence-electron chi connectivity index (χ3n) is 1.70. The molecular weight excluding hydrogens is 180 g/mol. The van der Waals surface area contributed by atoms with Crippen LogP contribution in [-0.2, 0) is 6.42 Å². The lowest BCUT2D eigenvalue weighted by atomic mass is 10.2. The van der Waals surface area contributed by atoms with Gasteiger partial charge in [0.25, 0.3) is 0 Å². The van der Waals surface area contributed by atoms with E-state index in [0.29, 0.717) is 5.15 Å². The van der Waals surface area contributed by atoms with Crippen molar-refractivity contribution in [1.82, 2.24) is 4.98 Å². The van der Waals surface area contributed by atoms with Gasteiger partial charge < -0.3 is 5.73 Å². The van der Waals surface area contributed by atoms with E-state index < -0.39 is 0 Å². The Balaban J connectivity index is 2.64. The zero-order chi connectivity index (χ0) is 7.84. The first kappa shape index (κ1) is 7.25. The molecule has 1 aromatic rings. The first-order valence-electron chi connectivity index (χ1n) is 3.34. The molecule has 0 bridgehead atoms. The van der Waals surface area contributed by atoms with E-state index in [1.165, 1.54) is 0 Å². The van der Waals surface area contributed by atoms with Crippen molar-refractivity contribution in [2.45, 2.75) is 11.3 Å². The number of anilines is 1. The van der Waals surface area contributed by atoms with Crippen LogP contribution in [0.4, 0.5) is 5.69 Å². The number of nitrogens with two attached hydrogens (primary N) is 1. The lowest BCUT2D eigenvalue weighted by molar-refractivity contribution is 1.10. The highest BCUT2D eigenvalue weighted by atomic mass is 35.5. The highest BCUT2D eigenvalue weighted by Gasteiger charge is 2.17. The number of aromatic nitrogens is 1. The van der Waals surface area contributed by atoms with Crippen LogP contribution in [0, 0.1) is 0 Å². The minimum Gasteiger partial charge on any atom is -0.397 e. The lowest BCUT2D eigenvalue weighted by Crippen LogP contribution is -1.92. The van der Waals surface area contributed by atoms with E-state index in [2.05, 4.69) is 4.98 Å². The van der Waals surface area contributed by atoms with Gasteiger partial charge in [0.2, 0.25) is 0 Å².